The Balaban J connectivity index is 1.71. The molecule has 0 unspecified atom stereocenters. The highest BCUT2D eigenvalue weighted by molar-refractivity contribution is 6.32. The minimum Gasteiger partial charge on any atom is -0.486 e. The molecule has 0 aliphatic heterocycles. The van der Waals surface area contributed by atoms with Crippen LogP contribution in [-0.4, -0.2) is 20.6 Å². The number of benzene rings is 1. The molecule has 1 aromatic carbocycles. The van der Waals surface area contributed by atoms with E-state index in [-0.39, 0.29) is 5.56 Å². The van der Waals surface area contributed by atoms with E-state index in [2.05, 4.69) is 9.55 Å². The van der Waals surface area contributed by atoms with Crippen LogP contribution in [0.5, 0.6) is 5.75 Å². The Bertz CT molecular complexity index is 650. The first-order chi connectivity index (χ1) is 9.65. The standard InChI is InChI=1S/C14H13ClN2O3/c15-12-5-9(14(18)19)1-4-13(12)20-7-11-6-16-8-17(11)10-2-3-10/h1,4-6,8,10H,2-3,7H2,(H,18,19). The normalized spacial score (nSPS) is 14.2. The molecule has 0 atom stereocenters. The van der Waals surface area contributed by atoms with Crippen molar-refractivity contribution in [2.75, 3.05) is 0 Å². The molecule has 1 aliphatic carbocycles. The van der Waals surface area contributed by atoms with Crippen LogP contribution < -0.4 is 4.74 Å². The van der Waals surface area contributed by atoms with Crippen LogP contribution in [0.25, 0.3) is 0 Å². The van der Waals surface area contributed by atoms with E-state index in [1.165, 1.54) is 25.0 Å². The van der Waals surface area contributed by atoms with Crippen LogP contribution in [0.4, 0.5) is 0 Å². The number of halogens is 1. The van der Waals surface area contributed by atoms with Crippen molar-refractivity contribution < 1.29 is 14.6 Å². The first-order valence-electron chi connectivity index (χ1n) is 6.31. The van der Waals surface area contributed by atoms with Crippen molar-refractivity contribution in [3.8, 4) is 5.75 Å². The Hall–Kier alpha value is -2.01. The fourth-order valence-corrected chi connectivity index (χ4v) is 2.26. The van der Waals surface area contributed by atoms with Gasteiger partial charge in [0.05, 0.1) is 28.8 Å². The molecule has 0 bridgehead atoms. The molecule has 104 valence electrons. The van der Waals surface area contributed by atoms with Gasteiger partial charge in [-0.2, -0.15) is 0 Å². The quantitative estimate of drug-likeness (QED) is 0.919. The minimum absolute atomic E-state index is 0.144. The molecule has 2 aromatic rings. The van der Waals surface area contributed by atoms with Crippen molar-refractivity contribution in [3.63, 3.8) is 0 Å². The van der Waals surface area contributed by atoms with Crippen LogP contribution in [-0.2, 0) is 6.61 Å². The molecule has 0 amide bonds. The number of aromatic nitrogens is 2. The molecule has 20 heavy (non-hydrogen) atoms. The summed E-state index contributed by atoms with van der Waals surface area (Å²) in [5.41, 5.74) is 1.14. The third-order valence-corrected chi connectivity index (χ3v) is 3.54. The molecular weight excluding hydrogens is 280 g/mol. The first-order valence-corrected chi connectivity index (χ1v) is 6.69. The molecule has 0 radical (unpaired) electrons. The maximum atomic E-state index is 10.8. The summed E-state index contributed by atoms with van der Waals surface area (Å²) < 4.78 is 7.76. The number of carboxylic acid groups (broad SMARTS) is 1. The number of carboxylic acids is 1. The van der Waals surface area contributed by atoms with Crippen molar-refractivity contribution in [2.24, 2.45) is 0 Å². The zero-order valence-corrected chi connectivity index (χ0v) is 11.4. The Kier molecular flexibility index (Phi) is 3.36. The first kappa shape index (κ1) is 13.0. The Labute approximate surface area is 120 Å². The number of hydrogen-bond donors (Lipinski definition) is 1. The van der Waals surface area contributed by atoms with Gasteiger partial charge in [0.1, 0.15) is 12.4 Å². The molecule has 1 saturated carbocycles. The Morgan fingerprint density at radius 3 is 2.95 bits per heavy atom. The summed E-state index contributed by atoms with van der Waals surface area (Å²) in [5.74, 6) is -0.537. The van der Waals surface area contributed by atoms with E-state index in [4.69, 9.17) is 21.4 Å². The lowest BCUT2D eigenvalue weighted by Crippen LogP contribution is -2.04. The average molecular weight is 293 g/mol. The van der Waals surface area contributed by atoms with Gasteiger partial charge in [0.25, 0.3) is 0 Å². The fourth-order valence-electron chi connectivity index (χ4n) is 2.03. The van der Waals surface area contributed by atoms with E-state index in [0.29, 0.717) is 23.4 Å². The van der Waals surface area contributed by atoms with Gasteiger partial charge in [-0.05, 0) is 31.0 Å². The fraction of sp³-hybridized carbons (Fsp3) is 0.286. The predicted octanol–water partition coefficient (Wildman–Crippen LogP) is 3.15. The zero-order chi connectivity index (χ0) is 14.1. The van der Waals surface area contributed by atoms with Crippen molar-refractivity contribution >= 4 is 17.6 Å². The Morgan fingerprint density at radius 1 is 1.50 bits per heavy atom. The highest BCUT2D eigenvalue weighted by Gasteiger charge is 2.25. The average Bonchev–Trinajstić information content (AvgIpc) is 3.16. The lowest BCUT2D eigenvalue weighted by atomic mass is 10.2. The molecule has 6 heteroatoms. The number of aromatic carboxylic acids is 1. The highest BCUT2D eigenvalue weighted by atomic mass is 35.5. The molecule has 1 aromatic heterocycles. The van der Waals surface area contributed by atoms with Gasteiger partial charge in [0.2, 0.25) is 0 Å². The van der Waals surface area contributed by atoms with Gasteiger partial charge in [-0.25, -0.2) is 9.78 Å². The van der Waals surface area contributed by atoms with Gasteiger partial charge in [0, 0.05) is 6.04 Å². The number of rotatable bonds is 5. The van der Waals surface area contributed by atoms with Crippen molar-refractivity contribution in [1.29, 1.82) is 0 Å². The molecule has 1 heterocycles. The summed E-state index contributed by atoms with van der Waals surface area (Å²) in [6, 6.07) is 4.98. The molecule has 0 spiro atoms. The van der Waals surface area contributed by atoms with Crippen molar-refractivity contribution in [3.05, 3.63) is 47.0 Å². The monoisotopic (exact) mass is 292 g/mol. The smallest absolute Gasteiger partial charge is 0.335 e. The summed E-state index contributed by atoms with van der Waals surface area (Å²) >= 11 is 6.02. The zero-order valence-electron chi connectivity index (χ0n) is 10.6. The van der Waals surface area contributed by atoms with Crippen LogP contribution in [0.3, 0.4) is 0 Å². The summed E-state index contributed by atoms with van der Waals surface area (Å²) in [7, 11) is 0. The number of hydrogen-bond acceptors (Lipinski definition) is 3. The molecule has 1 aliphatic rings. The third-order valence-electron chi connectivity index (χ3n) is 3.24. The number of imidazole rings is 1. The molecule has 1 N–H and O–H groups in total. The number of ether oxygens (including phenoxy) is 1. The van der Waals surface area contributed by atoms with Gasteiger partial charge < -0.3 is 14.4 Å². The lowest BCUT2D eigenvalue weighted by molar-refractivity contribution is 0.0697. The van der Waals surface area contributed by atoms with Gasteiger partial charge in [-0.15, -0.1) is 0 Å². The Morgan fingerprint density at radius 2 is 2.30 bits per heavy atom. The van der Waals surface area contributed by atoms with E-state index in [9.17, 15) is 4.79 Å². The summed E-state index contributed by atoms with van der Waals surface area (Å²) in [5, 5.41) is 9.17. The second-order valence-electron chi connectivity index (χ2n) is 4.76. The van der Waals surface area contributed by atoms with Gasteiger partial charge in [-0.3, -0.25) is 0 Å². The SMILES string of the molecule is O=C(O)c1ccc(OCc2cncn2C2CC2)c(Cl)c1. The molecule has 3 rings (SSSR count). The van der Waals surface area contributed by atoms with Crippen molar-refractivity contribution in [1.82, 2.24) is 9.55 Å². The van der Waals surface area contributed by atoms with Crippen LogP contribution in [0.1, 0.15) is 34.9 Å². The van der Waals surface area contributed by atoms with E-state index in [1.54, 1.807) is 12.3 Å². The molecule has 1 fully saturated rings. The van der Waals surface area contributed by atoms with Crippen LogP contribution in [0, 0.1) is 0 Å². The minimum atomic E-state index is -1.01. The van der Waals surface area contributed by atoms with E-state index >= 15 is 0 Å². The molecule has 0 saturated heterocycles. The summed E-state index contributed by atoms with van der Waals surface area (Å²) in [6.07, 6.45) is 5.94. The maximum Gasteiger partial charge on any atom is 0.335 e. The summed E-state index contributed by atoms with van der Waals surface area (Å²) in [4.78, 5) is 15.0. The molecular formula is C14H13ClN2O3. The topological polar surface area (TPSA) is 64.3 Å². The number of nitrogens with zero attached hydrogens (tertiary/aromatic N) is 2. The predicted molar refractivity (Wildman–Crippen MR) is 73.2 cm³/mol. The molecule has 5 nitrogen and oxygen atoms in total. The second kappa shape index (κ2) is 5.17. The van der Waals surface area contributed by atoms with Gasteiger partial charge in [-0.1, -0.05) is 11.6 Å². The van der Waals surface area contributed by atoms with Gasteiger partial charge >= 0.3 is 5.97 Å². The van der Waals surface area contributed by atoms with E-state index in [0.717, 1.165) is 5.69 Å². The highest BCUT2D eigenvalue weighted by Crippen LogP contribution is 2.36. The second-order valence-corrected chi connectivity index (χ2v) is 5.17. The van der Waals surface area contributed by atoms with Crippen LogP contribution in [0.15, 0.2) is 30.7 Å². The summed E-state index contributed by atoms with van der Waals surface area (Å²) in [6.45, 7) is 0.364. The third kappa shape index (κ3) is 2.63. The largest absolute Gasteiger partial charge is 0.486 e. The lowest BCUT2D eigenvalue weighted by Gasteiger charge is -2.10. The maximum absolute atomic E-state index is 10.8. The van der Waals surface area contributed by atoms with Gasteiger partial charge in [0.15, 0.2) is 0 Å². The van der Waals surface area contributed by atoms with Crippen molar-refractivity contribution in [2.45, 2.75) is 25.5 Å². The van der Waals surface area contributed by atoms with Crippen LogP contribution >= 0.6 is 11.6 Å². The van der Waals surface area contributed by atoms with E-state index < -0.39 is 5.97 Å². The van der Waals surface area contributed by atoms with Crippen LogP contribution in [0.2, 0.25) is 5.02 Å². The number of carbonyl (C=O) groups is 1. The van der Waals surface area contributed by atoms with E-state index in [1.807, 2.05) is 6.33 Å².